The van der Waals surface area contributed by atoms with Crippen molar-refractivity contribution in [3.05, 3.63) is 144 Å². The number of likely N-dealkylation sites (tertiary alicyclic amines) is 1. The number of para-hydroxylation sites is 1. The average Bonchev–Trinajstić information content (AvgIpc) is 1.91. The largest absolute Gasteiger partial charge is 0.480 e. The van der Waals surface area contributed by atoms with Gasteiger partial charge in [-0.05, 0) is 73.3 Å². The van der Waals surface area contributed by atoms with Gasteiger partial charge in [0.05, 0.1) is 18.7 Å². The topological polar surface area (TPSA) is 417 Å². The number of nitrogens with two attached hydrogens (primary N) is 3. The molecule has 0 bridgehead atoms. The normalized spacial score (nSPS) is 15.8. The number of aromatic amines is 1. The van der Waals surface area contributed by atoms with Crippen LogP contribution in [0, 0.1) is 5.92 Å². The van der Waals surface area contributed by atoms with Crippen LogP contribution in [0.25, 0.3) is 10.9 Å². The van der Waals surface area contributed by atoms with E-state index in [0.717, 1.165) is 16.5 Å². The van der Waals surface area contributed by atoms with Crippen LogP contribution in [-0.2, 0) is 73.6 Å². The Hall–Kier alpha value is -9.34. The fraction of sp³-hybridized carbons (Fsp3) is 0.422. The van der Waals surface area contributed by atoms with Gasteiger partial charge in [-0.25, -0.2) is 4.79 Å². The molecular weight excluding hydrogens is 1190 g/mol. The van der Waals surface area contributed by atoms with Crippen molar-refractivity contribution in [1.82, 2.24) is 52.4 Å². The molecule has 0 aliphatic carbocycles. The third-order valence-electron chi connectivity index (χ3n) is 15.2. The first kappa shape index (κ1) is 70.7. The Morgan fingerprint density at radius 1 is 0.626 bits per heavy atom. The molecule has 91 heavy (non-hydrogen) atoms. The van der Waals surface area contributed by atoms with E-state index >= 15 is 0 Å². The second kappa shape index (κ2) is 35.2. The molecule has 4 aromatic carbocycles. The standard InChI is InChI=1S/C64H84N14O12S/c1-37(2)29-46(72-60(86)52-26-16-28-78(52)62(88)49(31-40-19-9-5-10-20-40)74-55(81)44(65)24-15-27-68-64(66)67)58(84)77-54(38(3)79)61(87)73-47(30-39-17-7-4-8-18-39)56(82)70-35-53(80)71-48(33-42-34-69-45-25-14-13-23-43(42)45)57(83)76-51(36-91)59(85)75-50(63(89)90)32-41-21-11-6-12-22-41/h4-14,17-23,25,34,37-38,44,46-52,54,69,79,91H,15-16,24,26-33,35-36,65H2,1-3H3,(H,70,82)(H,71,80)(H,72,86)(H,73,87)(H,74,81)(H,75,85)(H,76,83)(H,77,84)(H,89,90)(H4,66,67,68)/t38-,44+,46+,47+,48+,49+,50+,51+,52+,54+/m1/s1. The molecule has 9 amide bonds. The number of aliphatic hydroxyl groups excluding tert-OH is 1. The highest BCUT2D eigenvalue weighted by Crippen LogP contribution is 2.22. The number of aromatic nitrogens is 1. The molecule has 5 aromatic rings. The zero-order valence-corrected chi connectivity index (χ0v) is 52.0. The summed E-state index contributed by atoms with van der Waals surface area (Å²) in [4.78, 5) is 147. The number of thiol groups is 1. The highest BCUT2D eigenvalue weighted by molar-refractivity contribution is 7.80. The van der Waals surface area contributed by atoms with Crippen molar-refractivity contribution >= 4 is 88.6 Å². The number of aliphatic carboxylic acids is 1. The summed E-state index contributed by atoms with van der Waals surface area (Å²) in [6, 6.07) is 21.7. The minimum atomic E-state index is -1.70. The Bertz CT molecular complexity index is 3310. The van der Waals surface area contributed by atoms with Crippen molar-refractivity contribution in [2.45, 2.75) is 139 Å². The molecule has 27 heteroatoms. The fourth-order valence-corrected chi connectivity index (χ4v) is 10.7. The SMILES string of the molecule is CC(C)C[C@H](NC(=O)[C@@H]1CCCN1C(=O)[C@H](Cc1ccccc1)NC(=O)[C@@H](N)CCCN=C(N)N)C(=O)N[C@H](C(=O)N[C@@H](Cc1ccccc1)C(=O)NCC(=O)N[C@@H](Cc1c[nH]c2ccccc12)C(=O)N[C@@H](CS)C(=O)N[C@@H](Cc1ccccc1)C(=O)O)[C@@H](C)O. The highest BCUT2D eigenvalue weighted by Gasteiger charge is 2.41. The van der Waals surface area contributed by atoms with Crippen molar-refractivity contribution in [3.8, 4) is 0 Å². The van der Waals surface area contributed by atoms with Gasteiger partial charge in [0.15, 0.2) is 5.96 Å². The molecule has 0 unspecified atom stereocenters. The molecular formula is C64H84N14O12S. The molecule has 0 spiro atoms. The molecule has 26 nitrogen and oxygen atoms in total. The molecule has 1 saturated heterocycles. The summed E-state index contributed by atoms with van der Waals surface area (Å²) < 4.78 is 0. The molecule has 488 valence electrons. The minimum absolute atomic E-state index is 0.0484. The Morgan fingerprint density at radius 2 is 1.15 bits per heavy atom. The molecule has 17 N–H and O–H groups in total. The number of aliphatic hydroxyl groups is 1. The Balaban J connectivity index is 1.13. The molecule has 6 rings (SSSR count). The lowest BCUT2D eigenvalue weighted by molar-refractivity contribution is -0.142. The molecule has 1 aliphatic rings. The van der Waals surface area contributed by atoms with Gasteiger partial charge in [0.1, 0.15) is 48.3 Å². The van der Waals surface area contributed by atoms with Gasteiger partial charge in [0.25, 0.3) is 0 Å². The number of aliphatic imine (C=N–C) groups is 1. The lowest BCUT2D eigenvalue weighted by Crippen LogP contribution is -2.61. The van der Waals surface area contributed by atoms with Gasteiger partial charge in [0.2, 0.25) is 53.2 Å². The van der Waals surface area contributed by atoms with Gasteiger partial charge in [0, 0.05) is 61.6 Å². The summed E-state index contributed by atoms with van der Waals surface area (Å²) in [5.41, 5.74) is 20.4. The fourth-order valence-electron chi connectivity index (χ4n) is 10.5. The molecule has 2 heterocycles. The number of nitrogens with zero attached hydrogens (tertiary/aromatic N) is 2. The van der Waals surface area contributed by atoms with Crippen LogP contribution in [0.15, 0.2) is 126 Å². The lowest BCUT2D eigenvalue weighted by Gasteiger charge is -2.31. The number of H-pyrrole nitrogens is 1. The first-order valence-corrected chi connectivity index (χ1v) is 30.8. The van der Waals surface area contributed by atoms with Crippen LogP contribution in [0.1, 0.15) is 75.1 Å². The van der Waals surface area contributed by atoms with Crippen LogP contribution in [0.2, 0.25) is 0 Å². The number of rotatable bonds is 34. The number of fused-ring (bicyclic) bond motifs is 1. The molecule has 0 radical (unpaired) electrons. The van der Waals surface area contributed by atoms with E-state index in [4.69, 9.17) is 17.2 Å². The highest BCUT2D eigenvalue weighted by atomic mass is 32.1. The summed E-state index contributed by atoms with van der Waals surface area (Å²) in [5.74, 6) is -8.94. The Morgan fingerprint density at radius 3 is 1.74 bits per heavy atom. The van der Waals surface area contributed by atoms with Crippen LogP contribution < -0.4 is 59.7 Å². The van der Waals surface area contributed by atoms with Crippen LogP contribution in [-0.4, -0.2) is 171 Å². The van der Waals surface area contributed by atoms with Crippen LogP contribution >= 0.6 is 12.6 Å². The van der Waals surface area contributed by atoms with Gasteiger partial charge in [-0.2, -0.15) is 12.6 Å². The first-order chi connectivity index (χ1) is 43.5. The summed E-state index contributed by atoms with van der Waals surface area (Å²) in [6.45, 7) is 4.53. The average molecular weight is 1270 g/mol. The van der Waals surface area contributed by atoms with Gasteiger partial charge in [-0.3, -0.25) is 48.1 Å². The van der Waals surface area contributed by atoms with Crippen LogP contribution in [0.5, 0.6) is 0 Å². The second-order valence-corrected chi connectivity index (χ2v) is 23.3. The summed E-state index contributed by atoms with van der Waals surface area (Å²) in [5, 5.41) is 42.7. The molecule has 0 saturated carbocycles. The van der Waals surface area contributed by atoms with E-state index in [1.165, 1.54) is 11.8 Å². The predicted octanol–water partition coefficient (Wildman–Crippen LogP) is -0.239. The number of hydrogen-bond acceptors (Lipinski definition) is 14. The molecule has 1 aromatic heterocycles. The number of guanidine groups is 1. The van der Waals surface area contributed by atoms with Gasteiger partial charge in [-0.1, -0.05) is 123 Å². The second-order valence-electron chi connectivity index (χ2n) is 22.9. The number of carboxylic acid groups (broad SMARTS) is 1. The van der Waals surface area contributed by atoms with E-state index in [1.807, 2.05) is 18.2 Å². The summed E-state index contributed by atoms with van der Waals surface area (Å²) in [7, 11) is 0. The van der Waals surface area contributed by atoms with Gasteiger partial charge in [-0.15, -0.1) is 0 Å². The summed E-state index contributed by atoms with van der Waals surface area (Å²) >= 11 is 4.28. The third-order valence-corrected chi connectivity index (χ3v) is 15.6. The maximum absolute atomic E-state index is 14.5. The number of nitrogens with one attached hydrogen (secondary N) is 9. The van der Waals surface area contributed by atoms with Crippen LogP contribution in [0.4, 0.5) is 0 Å². The minimum Gasteiger partial charge on any atom is -0.480 e. The number of amides is 9. The van der Waals surface area contributed by atoms with E-state index in [9.17, 15) is 58.2 Å². The maximum atomic E-state index is 14.5. The number of benzene rings is 4. The summed E-state index contributed by atoms with van der Waals surface area (Å²) in [6.07, 6.45) is 1.17. The molecule has 1 fully saturated rings. The number of hydrogen-bond donors (Lipinski definition) is 15. The van der Waals surface area contributed by atoms with Crippen molar-refractivity contribution in [1.29, 1.82) is 0 Å². The number of carbonyl (C=O) groups excluding carboxylic acids is 9. The van der Waals surface area contributed by atoms with Crippen molar-refractivity contribution < 1.29 is 58.2 Å². The zero-order chi connectivity index (χ0) is 66.1. The maximum Gasteiger partial charge on any atom is 0.326 e. The quantitative estimate of drug-likeness (QED) is 0.0109. The van der Waals surface area contributed by atoms with E-state index in [1.54, 1.807) is 117 Å². The van der Waals surface area contributed by atoms with Crippen LogP contribution in [0.3, 0.4) is 0 Å². The Kier molecular flexibility index (Phi) is 27.3. The van der Waals surface area contributed by atoms with Crippen molar-refractivity contribution in [3.63, 3.8) is 0 Å². The smallest absolute Gasteiger partial charge is 0.326 e. The van der Waals surface area contributed by atoms with E-state index in [0.29, 0.717) is 29.5 Å². The van der Waals surface area contributed by atoms with E-state index < -0.39 is 126 Å². The van der Waals surface area contributed by atoms with Gasteiger partial charge < -0.3 is 79.8 Å². The monoisotopic (exact) mass is 1270 g/mol. The van der Waals surface area contributed by atoms with Crippen molar-refractivity contribution in [2.24, 2.45) is 28.1 Å². The Labute approximate surface area is 533 Å². The molecule has 1 aliphatic heterocycles. The number of carboxylic acids is 1. The van der Waals surface area contributed by atoms with E-state index in [2.05, 4.69) is 65.1 Å². The lowest BCUT2D eigenvalue weighted by atomic mass is 10.0. The number of carbonyl (C=O) groups is 10. The van der Waals surface area contributed by atoms with Crippen molar-refractivity contribution in [2.75, 3.05) is 25.4 Å². The first-order valence-electron chi connectivity index (χ1n) is 30.2. The predicted molar refractivity (Wildman–Crippen MR) is 344 cm³/mol. The molecule has 10 atom stereocenters. The third kappa shape index (κ3) is 22.0. The van der Waals surface area contributed by atoms with Gasteiger partial charge >= 0.3 is 5.97 Å². The zero-order valence-electron chi connectivity index (χ0n) is 51.1. The van der Waals surface area contributed by atoms with E-state index in [-0.39, 0.29) is 75.7 Å².